The van der Waals surface area contributed by atoms with Crippen LogP contribution in [0.2, 0.25) is 0 Å². The first-order chi connectivity index (χ1) is 10.7. The zero-order chi connectivity index (χ0) is 14.8. The van der Waals surface area contributed by atoms with Gasteiger partial charge in [-0.1, -0.05) is 35.6 Å². The average molecular weight is 310 g/mol. The summed E-state index contributed by atoms with van der Waals surface area (Å²) in [5.41, 5.74) is 0.846. The third kappa shape index (κ3) is 1.49. The summed E-state index contributed by atoms with van der Waals surface area (Å²) in [6.45, 7) is 0. The number of hydrogen-bond donors (Lipinski definition) is 0. The Hall–Kier alpha value is -2.01. The molecule has 1 aliphatic heterocycles. The molecular formula is C17H14N2O2S. The molecule has 2 unspecified atom stereocenters. The van der Waals surface area contributed by atoms with Gasteiger partial charge >= 0.3 is 0 Å². The smallest absolute Gasteiger partial charge is 0.240 e. The van der Waals surface area contributed by atoms with Crippen molar-refractivity contribution in [3.63, 3.8) is 0 Å². The van der Waals surface area contributed by atoms with Gasteiger partial charge in [0.2, 0.25) is 11.8 Å². The summed E-state index contributed by atoms with van der Waals surface area (Å²) in [6, 6.07) is 7.75. The molecule has 4 aliphatic rings. The summed E-state index contributed by atoms with van der Waals surface area (Å²) in [6.07, 6.45) is 6.33. The molecule has 4 atom stereocenters. The standard InChI is InChI=1S/C17H14N2O2S/c20-15-13-9-5-6-10(8-7-9)14(13)16(21)19(15)17-18-11-3-1-2-4-12(11)22-17/h1-6,9-10,13-14H,7-8H2/t9-,10+,13?,14?. The second kappa shape index (κ2) is 4.26. The predicted molar refractivity (Wildman–Crippen MR) is 84.4 cm³/mol. The number of allylic oxidation sites excluding steroid dienone is 2. The van der Waals surface area contributed by atoms with Crippen molar-refractivity contribution in [1.82, 2.24) is 4.98 Å². The highest BCUT2D eigenvalue weighted by molar-refractivity contribution is 7.22. The van der Waals surface area contributed by atoms with Gasteiger partial charge < -0.3 is 0 Å². The highest BCUT2D eigenvalue weighted by Gasteiger charge is 2.57. The zero-order valence-corrected chi connectivity index (χ0v) is 12.6. The van der Waals surface area contributed by atoms with E-state index < -0.39 is 0 Å². The summed E-state index contributed by atoms with van der Waals surface area (Å²) >= 11 is 1.42. The summed E-state index contributed by atoms with van der Waals surface area (Å²) in [4.78, 5) is 31.6. The number of fused-ring (bicyclic) bond motifs is 2. The number of amides is 2. The second-order valence-corrected chi connectivity index (χ2v) is 7.33. The van der Waals surface area contributed by atoms with Gasteiger partial charge in [0.25, 0.3) is 0 Å². The summed E-state index contributed by atoms with van der Waals surface area (Å²) < 4.78 is 1.01. The van der Waals surface area contributed by atoms with Gasteiger partial charge in [0.15, 0.2) is 5.13 Å². The van der Waals surface area contributed by atoms with Gasteiger partial charge in [0.1, 0.15) is 0 Å². The Morgan fingerprint density at radius 3 is 2.23 bits per heavy atom. The number of hydrogen-bond acceptors (Lipinski definition) is 4. The van der Waals surface area contributed by atoms with E-state index in [4.69, 9.17) is 0 Å². The van der Waals surface area contributed by atoms with Crippen LogP contribution < -0.4 is 4.90 Å². The number of rotatable bonds is 1. The van der Waals surface area contributed by atoms with E-state index in [1.54, 1.807) is 0 Å². The first-order valence-electron chi connectivity index (χ1n) is 7.66. The Morgan fingerprint density at radius 1 is 1.00 bits per heavy atom. The minimum absolute atomic E-state index is 0.0480. The van der Waals surface area contributed by atoms with E-state index in [-0.39, 0.29) is 35.5 Å². The SMILES string of the molecule is O=C1C2C(C(=O)N1c1nc3ccccc3s1)[C@H]1C=C[C@@H]2CC1. The highest BCUT2D eigenvalue weighted by Crippen LogP contribution is 2.50. The van der Waals surface area contributed by atoms with Crippen molar-refractivity contribution < 1.29 is 9.59 Å². The lowest BCUT2D eigenvalue weighted by molar-refractivity contribution is -0.124. The fourth-order valence-corrected chi connectivity index (χ4v) is 5.20. The van der Waals surface area contributed by atoms with Crippen molar-refractivity contribution in [2.75, 3.05) is 4.90 Å². The van der Waals surface area contributed by atoms with E-state index in [2.05, 4.69) is 17.1 Å². The van der Waals surface area contributed by atoms with Gasteiger partial charge in [-0.3, -0.25) is 9.59 Å². The number of carbonyl (C=O) groups excluding carboxylic acids is 2. The summed E-state index contributed by atoms with van der Waals surface area (Å²) in [5.74, 6) is 0.0318. The van der Waals surface area contributed by atoms with Crippen LogP contribution in [0.4, 0.5) is 5.13 Å². The molecule has 4 nitrogen and oxygen atoms in total. The first-order valence-corrected chi connectivity index (χ1v) is 8.47. The third-order valence-electron chi connectivity index (χ3n) is 5.23. The van der Waals surface area contributed by atoms with Crippen molar-refractivity contribution in [3.05, 3.63) is 36.4 Å². The Morgan fingerprint density at radius 2 is 1.64 bits per heavy atom. The van der Waals surface area contributed by atoms with Gasteiger partial charge in [0, 0.05) is 0 Å². The minimum Gasteiger partial charge on any atom is -0.274 e. The van der Waals surface area contributed by atoms with Crippen LogP contribution in [0.3, 0.4) is 0 Å². The van der Waals surface area contributed by atoms with Gasteiger partial charge in [-0.2, -0.15) is 0 Å². The average Bonchev–Trinajstić information content (AvgIpc) is 3.09. The molecule has 5 heteroatoms. The summed E-state index contributed by atoms with van der Waals surface area (Å²) in [7, 11) is 0. The molecule has 3 aliphatic carbocycles. The van der Waals surface area contributed by atoms with Crippen LogP contribution in [0.15, 0.2) is 36.4 Å². The highest BCUT2D eigenvalue weighted by atomic mass is 32.1. The quantitative estimate of drug-likeness (QED) is 0.601. The molecule has 0 N–H and O–H groups in total. The molecule has 2 amide bonds. The van der Waals surface area contributed by atoms with Crippen LogP contribution in [-0.2, 0) is 9.59 Å². The largest absolute Gasteiger partial charge is 0.274 e. The lowest BCUT2D eigenvalue weighted by Gasteiger charge is -2.38. The van der Waals surface area contributed by atoms with Gasteiger partial charge in [0.05, 0.1) is 22.1 Å². The second-order valence-electron chi connectivity index (χ2n) is 6.32. The van der Waals surface area contributed by atoms with Crippen LogP contribution in [0.5, 0.6) is 0 Å². The Kier molecular flexibility index (Phi) is 2.42. The van der Waals surface area contributed by atoms with E-state index in [1.807, 2.05) is 24.3 Å². The molecule has 1 saturated heterocycles. The van der Waals surface area contributed by atoms with Crippen molar-refractivity contribution in [3.8, 4) is 0 Å². The Labute approximate surface area is 131 Å². The molecule has 2 aromatic rings. The van der Waals surface area contributed by atoms with E-state index in [0.717, 1.165) is 23.1 Å². The van der Waals surface area contributed by atoms with Gasteiger partial charge in [-0.05, 0) is 36.8 Å². The number of imide groups is 1. The molecule has 2 heterocycles. The number of para-hydroxylation sites is 1. The van der Waals surface area contributed by atoms with Crippen molar-refractivity contribution >= 4 is 38.5 Å². The summed E-state index contributed by atoms with van der Waals surface area (Å²) in [5, 5.41) is 0.532. The van der Waals surface area contributed by atoms with Crippen LogP contribution in [-0.4, -0.2) is 16.8 Å². The Bertz CT molecular complexity index is 775. The maximum atomic E-state index is 12.9. The molecular weight excluding hydrogens is 296 g/mol. The predicted octanol–water partition coefficient (Wildman–Crippen LogP) is 3.00. The lowest BCUT2D eigenvalue weighted by atomic mass is 9.63. The monoisotopic (exact) mass is 310 g/mol. The van der Waals surface area contributed by atoms with Crippen LogP contribution in [0.25, 0.3) is 10.2 Å². The van der Waals surface area contributed by atoms with E-state index in [9.17, 15) is 9.59 Å². The van der Waals surface area contributed by atoms with Gasteiger partial charge in [-0.25, -0.2) is 9.88 Å². The Balaban J connectivity index is 1.61. The first kappa shape index (κ1) is 12.5. The maximum Gasteiger partial charge on any atom is 0.240 e. The number of aromatic nitrogens is 1. The van der Waals surface area contributed by atoms with E-state index >= 15 is 0 Å². The minimum atomic E-state index is -0.164. The number of carbonyl (C=O) groups is 2. The van der Waals surface area contributed by atoms with Crippen LogP contribution in [0, 0.1) is 23.7 Å². The normalized spacial score (nSPS) is 33.0. The molecule has 2 bridgehead atoms. The molecule has 110 valence electrons. The van der Waals surface area contributed by atoms with E-state index in [1.165, 1.54) is 16.2 Å². The third-order valence-corrected chi connectivity index (χ3v) is 6.25. The topological polar surface area (TPSA) is 50.3 Å². The van der Waals surface area contributed by atoms with Crippen LogP contribution >= 0.6 is 11.3 Å². The molecule has 22 heavy (non-hydrogen) atoms. The molecule has 0 radical (unpaired) electrons. The zero-order valence-electron chi connectivity index (χ0n) is 11.8. The van der Waals surface area contributed by atoms with Crippen molar-refractivity contribution in [2.45, 2.75) is 12.8 Å². The molecule has 1 aromatic carbocycles. The van der Waals surface area contributed by atoms with Crippen molar-refractivity contribution in [1.29, 1.82) is 0 Å². The molecule has 0 spiro atoms. The maximum absolute atomic E-state index is 12.9. The number of nitrogens with zero attached hydrogens (tertiary/aromatic N) is 2. The number of thiazole rings is 1. The molecule has 1 saturated carbocycles. The fourth-order valence-electron chi connectivity index (χ4n) is 4.22. The van der Waals surface area contributed by atoms with Crippen molar-refractivity contribution in [2.24, 2.45) is 23.7 Å². The van der Waals surface area contributed by atoms with Crippen LogP contribution in [0.1, 0.15) is 12.8 Å². The lowest BCUT2D eigenvalue weighted by Crippen LogP contribution is -2.38. The molecule has 1 aromatic heterocycles. The van der Waals surface area contributed by atoms with Gasteiger partial charge in [-0.15, -0.1) is 0 Å². The number of benzene rings is 1. The fraction of sp³-hybridized carbons (Fsp3) is 0.353. The molecule has 2 fully saturated rings. The van der Waals surface area contributed by atoms with E-state index in [0.29, 0.717) is 5.13 Å². The number of anilines is 1. The molecule has 6 rings (SSSR count).